The molecule has 3 fully saturated rings. The van der Waals surface area contributed by atoms with Crippen LogP contribution >= 0.6 is 0 Å². The third kappa shape index (κ3) is 3.16. The summed E-state index contributed by atoms with van der Waals surface area (Å²) in [5, 5.41) is 11.5. The SMILES string of the molecule is CC1(C)CC(C)(C)CC(O)(C2CCOC3(CCOC3)C2)C1. The first-order chi connectivity index (χ1) is 9.64. The lowest BCUT2D eigenvalue weighted by Gasteiger charge is -2.54. The Balaban J connectivity index is 1.80. The molecule has 1 spiro atoms. The Labute approximate surface area is 129 Å². The number of ether oxygens (including phenoxy) is 2. The van der Waals surface area contributed by atoms with Gasteiger partial charge in [0.05, 0.1) is 17.8 Å². The van der Waals surface area contributed by atoms with Gasteiger partial charge in [0, 0.05) is 19.6 Å². The molecule has 0 amide bonds. The van der Waals surface area contributed by atoms with Crippen molar-refractivity contribution in [3.05, 3.63) is 0 Å². The molecule has 0 bridgehead atoms. The average Bonchev–Trinajstić information content (AvgIpc) is 2.72. The first kappa shape index (κ1) is 15.8. The molecule has 2 atom stereocenters. The fourth-order valence-electron chi connectivity index (χ4n) is 5.78. The molecule has 3 rings (SSSR count). The number of hydrogen-bond acceptors (Lipinski definition) is 3. The third-order valence-electron chi connectivity index (χ3n) is 5.85. The largest absolute Gasteiger partial charge is 0.390 e. The summed E-state index contributed by atoms with van der Waals surface area (Å²) in [6.07, 6.45) is 5.99. The van der Waals surface area contributed by atoms with Gasteiger partial charge in [0.2, 0.25) is 0 Å². The van der Waals surface area contributed by atoms with Gasteiger partial charge in [0.15, 0.2) is 0 Å². The molecule has 3 nitrogen and oxygen atoms in total. The maximum absolute atomic E-state index is 11.5. The van der Waals surface area contributed by atoms with Gasteiger partial charge in [-0.3, -0.25) is 0 Å². The van der Waals surface area contributed by atoms with E-state index in [-0.39, 0.29) is 16.4 Å². The van der Waals surface area contributed by atoms with Crippen LogP contribution in [0.3, 0.4) is 0 Å². The molecule has 0 aromatic rings. The minimum absolute atomic E-state index is 0.107. The van der Waals surface area contributed by atoms with Crippen LogP contribution in [0.2, 0.25) is 0 Å². The summed E-state index contributed by atoms with van der Waals surface area (Å²) in [5.41, 5.74) is -0.211. The van der Waals surface area contributed by atoms with Crippen molar-refractivity contribution < 1.29 is 14.6 Å². The molecule has 2 unspecified atom stereocenters. The lowest BCUT2D eigenvalue weighted by atomic mass is 9.55. The normalized spacial score (nSPS) is 41.3. The molecule has 1 aliphatic carbocycles. The van der Waals surface area contributed by atoms with Gasteiger partial charge in [-0.2, -0.15) is 0 Å². The van der Waals surface area contributed by atoms with Crippen molar-refractivity contribution in [3.63, 3.8) is 0 Å². The minimum atomic E-state index is -0.537. The van der Waals surface area contributed by atoms with E-state index < -0.39 is 5.60 Å². The van der Waals surface area contributed by atoms with Gasteiger partial charge in [-0.05, 0) is 48.9 Å². The molecular weight excluding hydrogens is 264 g/mol. The molecule has 3 aliphatic rings. The Morgan fingerprint density at radius 2 is 1.62 bits per heavy atom. The van der Waals surface area contributed by atoms with Crippen molar-refractivity contribution >= 4 is 0 Å². The Morgan fingerprint density at radius 3 is 2.19 bits per heavy atom. The Hall–Kier alpha value is -0.120. The zero-order chi connectivity index (χ0) is 15.4. The second kappa shape index (κ2) is 4.94. The second-order valence-electron chi connectivity index (χ2n) is 9.49. The van der Waals surface area contributed by atoms with Gasteiger partial charge in [0.25, 0.3) is 0 Å². The maximum atomic E-state index is 11.5. The standard InChI is InChI=1S/C18H32O3/c1-15(2)10-16(3,4)12-18(19,11-15)14-5-7-21-17(9-14)6-8-20-13-17/h14,19H,5-13H2,1-4H3. The highest BCUT2D eigenvalue weighted by molar-refractivity contribution is 5.04. The Kier molecular flexibility index (Phi) is 3.71. The first-order valence-electron chi connectivity index (χ1n) is 8.58. The van der Waals surface area contributed by atoms with E-state index in [1.165, 1.54) is 6.42 Å². The summed E-state index contributed by atoms with van der Waals surface area (Å²) in [6, 6.07) is 0. The van der Waals surface area contributed by atoms with Crippen LogP contribution in [0.25, 0.3) is 0 Å². The van der Waals surface area contributed by atoms with Crippen molar-refractivity contribution in [2.24, 2.45) is 16.7 Å². The second-order valence-corrected chi connectivity index (χ2v) is 9.49. The van der Waals surface area contributed by atoms with E-state index in [0.717, 1.165) is 45.3 Å². The summed E-state index contributed by atoms with van der Waals surface area (Å²) in [5.74, 6) is 0.354. The molecule has 2 aliphatic heterocycles. The molecule has 3 heteroatoms. The predicted molar refractivity (Wildman–Crippen MR) is 83.2 cm³/mol. The average molecular weight is 296 g/mol. The summed E-state index contributed by atoms with van der Waals surface area (Å²) in [7, 11) is 0. The molecule has 122 valence electrons. The van der Waals surface area contributed by atoms with Crippen molar-refractivity contribution in [2.45, 2.75) is 77.4 Å². The predicted octanol–water partition coefficient (Wildman–Crippen LogP) is 3.54. The van der Waals surface area contributed by atoms with Crippen LogP contribution in [0.4, 0.5) is 0 Å². The fraction of sp³-hybridized carbons (Fsp3) is 1.00. The third-order valence-corrected chi connectivity index (χ3v) is 5.85. The van der Waals surface area contributed by atoms with Gasteiger partial charge in [-0.25, -0.2) is 0 Å². The molecule has 0 aromatic carbocycles. The molecule has 2 heterocycles. The van der Waals surface area contributed by atoms with Gasteiger partial charge < -0.3 is 14.6 Å². The number of aliphatic hydroxyl groups is 1. The van der Waals surface area contributed by atoms with E-state index in [0.29, 0.717) is 12.5 Å². The Bertz CT molecular complexity index is 377. The van der Waals surface area contributed by atoms with E-state index in [1.807, 2.05) is 0 Å². The van der Waals surface area contributed by atoms with Crippen LogP contribution in [0, 0.1) is 16.7 Å². The van der Waals surface area contributed by atoms with E-state index in [2.05, 4.69) is 27.7 Å². The van der Waals surface area contributed by atoms with E-state index in [1.54, 1.807) is 0 Å². The van der Waals surface area contributed by atoms with Gasteiger partial charge in [-0.15, -0.1) is 0 Å². The molecule has 1 saturated carbocycles. The zero-order valence-corrected chi connectivity index (χ0v) is 14.2. The highest BCUT2D eigenvalue weighted by Gasteiger charge is 2.53. The highest BCUT2D eigenvalue weighted by atomic mass is 16.6. The van der Waals surface area contributed by atoms with Crippen LogP contribution in [-0.2, 0) is 9.47 Å². The van der Waals surface area contributed by atoms with Crippen LogP contribution in [-0.4, -0.2) is 36.1 Å². The summed E-state index contributed by atoms with van der Waals surface area (Å²) >= 11 is 0. The summed E-state index contributed by atoms with van der Waals surface area (Å²) in [6.45, 7) is 11.5. The van der Waals surface area contributed by atoms with Crippen molar-refractivity contribution in [3.8, 4) is 0 Å². The lowest BCUT2D eigenvalue weighted by Crippen LogP contribution is -2.55. The van der Waals surface area contributed by atoms with Crippen molar-refractivity contribution in [1.82, 2.24) is 0 Å². The van der Waals surface area contributed by atoms with Crippen molar-refractivity contribution in [2.75, 3.05) is 19.8 Å². The minimum Gasteiger partial charge on any atom is -0.390 e. The Morgan fingerprint density at radius 1 is 0.952 bits per heavy atom. The van der Waals surface area contributed by atoms with Gasteiger partial charge >= 0.3 is 0 Å². The highest BCUT2D eigenvalue weighted by Crippen LogP contribution is 2.55. The molecular formula is C18H32O3. The monoisotopic (exact) mass is 296 g/mol. The van der Waals surface area contributed by atoms with Crippen LogP contribution in [0.5, 0.6) is 0 Å². The van der Waals surface area contributed by atoms with E-state index >= 15 is 0 Å². The van der Waals surface area contributed by atoms with Crippen LogP contribution < -0.4 is 0 Å². The fourth-order valence-corrected chi connectivity index (χ4v) is 5.78. The number of rotatable bonds is 1. The quantitative estimate of drug-likeness (QED) is 0.804. The van der Waals surface area contributed by atoms with E-state index in [9.17, 15) is 5.11 Å². The zero-order valence-electron chi connectivity index (χ0n) is 14.2. The molecule has 1 N–H and O–H groups in total. The van der Waals surface area contributed by atoms with Crippen molar-refractivity contribution in [1.29, 1.82) is 0 Å². The smallest absolute Gasteiger partial charge is 0.0940 e. The van der Waals surface area contributed by atoms with Gasteiger partial charge in [-0.1, -0.05) is 27.7 Å². The molecule has 0 radical (unpaired) electrons. The summed E-state index contributed by atoms with van der Waals surface area (Å²) < 4.78 is 11.6. The first-order valence-corrected chi connectivity index (χ1v) is 8.58. The maximum Gasteiger partial charge on any atom is 0.0940 e. The van der Waals surface area contributed by atoms with Crippen LogP contribution in [0.1, 0.15) is 66.2 Å². The molecule has 0 aromatic heterocycles. The lowest BCUT2D eigenvalue weighted by molar-refractivity contribution is -0.177. The van der Waals surface area contributed by atoms with Crippen LogP contribution in [0.15, 0.2) is 0 Å². The molecule has 2 saturated heterocycles. The molecule has 21 heavy (non-hydrogen) atoms. The van der Waals surface area contributed by atoms with E-state index in [4.69, 9.17) is 9.47 Å². The number of hydrogen-bond donors (Lipinski definition) is 1. The summed E-state index contributed by atoms with van der Waals surface area (Å²) in [4.78, 5) is 0. The van der Waals surface area contributed by atoms with Gasteiger partial charge in [0.1, 0.15) is 0 Å². The topological polar surface area (TPSA) is 38.7 Å².